The van der Waals surface area contributed by atoms with E-state index < -0.39 is 6.03 Å². The molecule has 0 spiro atoms. The monoisotopic (exact) mass is 269 g/mol. The Morgan fingerprint density at radius 1 is 1.25 bits per heavy atom. The van der Waals surface area contributed by atoms with Crippen LogP contribution >= 0.6 is 0 Å². The summed E-state index contributed by atoms with van der Waals surface area (Å²) in [4.78, 5) is 39.7. The number of hydrogen-bond donors (Lipinski definition) is 1. The van der Waals surface area contributed by atoms with E-state index in [-0.39, 0.29) is 12.3 Å². The Hall–Kier alpha value is -2.76. The molecule has 1 fully saturated rings. The van der Waals surface area contributed by atoms with E-state index in [0.29, 0.717) is 28.7 Å². The van der Waals surface area contributed by atoms with E-state index in [1.807, 2.05) is 0 Å². The molecule has 1 saturated heterocycles. The summed E-state index contributed by atoms with van der Waals surface area (Å²) in [5.74, 6) is -0.276. The van der Waals surface area contributed by atoms with E-state index >= 15 is 0 Å². The second-order valence-corrected chi connectivity index (χ2v) is 4.47. The number of aromatic nitrogens is 1. The number of benzene rings is 1. The highest BCUT2D eigenvalue weighted by molar-refractivity contribution is 6.07. The zero-order valence-corrected chi connectivity index (χ0v) is 10.5. The van der Waals surface area contributed by atoms with Crippen LogP contribution in [0.3, 0.4) is 0 Å². The van der Waals surface area contributed by atoms with Crippen molar-refractivity contribution in [1.29, 1.82) is 0 Å². The molecule has 6 heteroatoms. The summed E-state index contributed by atoms with van der Waals surface area (Å²) in [7, 11) is 0. The summed E-state index contributed by atoms with van der Waals surface area (Å²) in [5.41, 5.74) is 1.84. The van der Waals surface area contributed by atoms with Crippen LogP contribution in [-0.2, 0) is 4.79 Å². The average Bonchev–Trinajstić information content (AvgIpc) is 2.46. The first-order chi connectivity index (χ1) is 9.69. The number of rotatable bonds is 2. The molecule has 0 atom stereocenters. The Kier molecular flexibility index (Phi) is 2.90. The molecule has 1 aliphatic rings. The summed E-state index contributed by atoms with van der Waals surface area (Å²) in [6, 6.07) is 6.42. The Morgan fingerprint density at radius 2 is 2.10 bits per heavy atom. The van der Waals surface area contributed by atoms with Gasteiger partial charge in [-0.25, -0.2) is 4.79 Å². The number of pyridine rings is 1. The second-order valence-electron chi connectivity index (χ2n) is 4.47. The van der Waals surface area contributed by atoms with Crippen molar-refractivity contribution in [1.82, 2.24) is 10.3 Å². The first kappa shape index (κ1) is 12.3. The molecule has 20 heavy (non-hydrogen) atoms. The number of aldehydes is 1. The van der Waals surface area contributed by atoms with Gasteiger partial charge >= 0.3 is 6.03 Å². The van der Waals surface area contributed by atoms with Crippen LogP contribution in [0, 0.1) is 0 Å². The number of urea groups is 1. The Labute approximate surface area is 114 Å². The van der Waals surface area contributed by atoms with E-state index in [1.165, 1.54) is 4.90 Å². The number of fused-ring (bicyclic) bond motifs is 1. The van der Waals surface area contributed by atoms with Crippen LogP contribution in [0.4, 0.5) is 10.5 Å². The third kappa shape index (κ3) is 2.01. The highest BCUT2D eigenvalue weighted by atomic mass is 16.2. The molecular formula is C14H11N3O3. The molecule has 1 N–H and O–H groups in total. The number of imide groups is 1. The van der Waals surface area contributed by atoms with Crippen LogP contribution in [0.25, 0.3) is 10.9 Å². The maximum atomic E-state index is 11.8. The maximum absolute atomic E-state index is 11.8. The van der Waals surface area contributed by atoms with E-state index in [0.717, 1.165) is 6.29 Å². The molecule has 2 aromatic rings. The van der Waals surface area contributed by atoms with E-state index in [1.54, 1.807) is 30.5 Å². The van der Waals surface area contributed by atoms with Gasteiger partial charge in [-0.2, -0.15) is 0 Å². The van der Waals surface area contributed by atoms with E-state index in [9.17, 15) is 14.4 Å². The van der Waals surface area contributed by atoms with Gasteiger partial charge in [0.15, 0.2) is 6.29 Å². The van der Waals surface area contributed by atoms with Gasteiger partial charge in [0.1, 0.15) is 0 Å². The number of amides is 3. The number of carbonyl (C=O) groups is 3. The molecule has 0 unspecified atom stereocenters. The molecule has 1 aliphatic heterocycles. The van der Waals surface area contributed by atoms with Crippen LogP contribution in [0.5, 0.6) is 0 Å². The highest BCUT2D eigenvalue weighted by Crippen LogP contribution is 2.24. The van der Waals surface area contributed by atoms with Gasteiger partial charge in [0.05, 0.1) is 5.52 Å². The summed E-state index contributed by atoms with van der Waals surface area (Å²) >= 11 is 0. The van der Waals surface area contributed by atoms with Crippen LogP contribution in [0.1, 0.15) is 16.8 Å². The Balaban J connectivity index is 2.06. The quantitative estimate of drug-likeness (QED) is 0.838. The van der Waals surface area contributed by atoms with Crippen molar-refractivity contribution in [3.8, 4) is 0 Å². The third-order valence-corrected chi connectivity index (χ3v) is 3.25. The molecule has 2 heterocycles. The van der Waals surface area contributed by atoms with Crippen LogP contribution in [-0.4, -0.2) is 29.8 Å². The third-order valence-electron chi connectivity index (χ3n) is 3.25. The lowest BCUT2D eigenvalue weighted by Crippen LogP contribution is -2.49. The summed E-state index contributed by atoms with van der Waals surface area (Å²) < 4.78 is 0. The van der Waals surface area contributed by atoms with Gasteiger partial charge in [-0.1, -0.05) is 0 Å². The second kappa shape index (κ2) is 4.73. The molecule has 1 aromatic heterocycles. The van der Waals surface area contributed by atoms with Crippen LogP contribution in [0.15, 0.2) is 30.5 Å². The summed E-state index contributed by atoms with van der Waals surface area (Å²) in [6.45, 7) is 0.326. The highest BCUT2D eigenvalue weighted by Gasteiger charge is 2.24. The zero-order valence-electron chi connectivity index (χ0n) is 10.5. The fraction of sp³-hybridized carbons (Fsp3) is 0.143. The number of anilines is 1. The first-order valence-corrected chi connectivity index (χ1v) is 6.14. The predicted octanol–water partition coefficient (Wildman–Crippen LogP) is 1.49. The molecule has 3 amide bonds. The number of nitrogens with zero attached hydrogens (tertiary/aromatic N) is 2. The zero-order chi connectivity index (χ0) is 14.1. The molecular weight excluding hydrogens is 258 g/mol. The van der Waals surface area contributed by atoms with Crippen LogP contribution in [0.2, 0.25) is 0 Å². The van der Waals surface area contributed by atoms with Crippen LogP contribution < -0.4 is 10.2 Å². The lowest BCUT2D eigenvalue weighted by Gasteiger charge is -2.26. The lowest BCUT2D eigenvalue weighted by molar-refractivity contribution is -0.120. The van der Waals surface area contributed by atoms with Crippen molar-refractivity contribution < 1.29 is 14.4 Å². The molecule has 100 valence electrons. The fourth-order valence-corrected chi connectivity index (χ4v) is 2.24. The molecule has 0 bridgehead atoms. The average molecular weight is 269 g/mol. The maximum Gasteiger partial charge on any atom is 0.328 e. The van der Waals surface area contributed by atoms with Crippen molar-refractivity contribution in [3.05, 3.63) is 36.0 Å². The topological polar surface area (TPSA) is 79.4 Å². The minimum atomic E-state index is -0.447. The Bertz CT molecular complexity index is 727. The minimum Gasteiger partial charge on any atom is -0.298 e. The van der Waals surface area contributed by atoms with Gasteiger partial charge < -0.3 is 0 Å². The van der Waals surface area contributed by atoms with Crippen molar-refractivity contribution >= 4 is 34.8 Å². The van der Waals surface area contributed by atoms with E-state index in [4.69, 9.17) is 0 Å². The lowest BCUT2D eigenvalue weighted by atomic mass is 10.1. The van der Waals surface area contributed by atoms with Crippen molar-refractivity contribution in [3.63, 3.8) is 0 Å². The van der Waals surface area contributed by atoms with Crippen molar-refractivity contribution in [2.75, 3.05) is 11.4 Å². The van der Waals surface area contributed by atoms with Gasteiger partial charge in [-0.05, 0) is 24.3 Å². The summed E-state index contributed by atoms with van der Waals surface area (Å²) in [5, 5.41) is 2.95. The van der Waals surface area contributed by atoms with Crippen molar-refractivity contribution in [2.24, 2.45) is 0 Å². The predicted molar refractivity (Wildman–Crippen MR) is 72.6 cm³/mol. The van der Waals surface area contributed by atoms with Gasteiger partial charge in [0.2, 0.25) is 5.91 Å². The van der Waals surface area contributed by atoms with E-state index in [2.05, 4.69) is 10.3 Å². The minimum absolute atomic E-state index is 0.261. The summed E-state index contributed by atoms with van der Waals surface area (Å²) in [6.07, 6.45) is 2.59. The van der Waals surface area contributed by atoms with Gasteiger partial charge in [-0.3, -0.25) is 24.8 Å². The molecule has 0 saturated carbocycles. The standard InChI is InChI=1S/C14H11N3O3/c18-8-9-3-5-15-12-2-1-10(7-11(9)12)17-6-4-13(19)16-14(17)20/h1-3,5,7-8H,4,6H2,(H,16,19,20). The largest absolute Gasteiger partial charge is 0.328 e. The molecule has 0 aliphatic carbocycles. The fourth-order valence-electron chi connectivity index (χ4n) is 2.24. The molecule has 0 radical (unpaired) electrons. The normalized spacial score (nSPS) is 15.3. The van der Waals surface area contributed by atoms with Gasteiger partial charge in [0.25, 0.3) is 0 Å². The Morgan fingerprint density at radius 3 is 2.85 bits per heavy atom. The SMILES string of the molecule is O=Cc1ccnc2ccc(N3CCC(=O)NC3=O)cc12. The molecule has 1 aromatic carbocycles. The van der Waals surface area contributed by atoms with Gasteiger partial charge in [-0.15, -0.1) is 0 Å². The molecule has 6 nitrogen and oxygen atoms in total. The molecule has 3 rings (SSSR count). The number of nitrogens with one attached hydrogen (secondary N) is 1. The first-order valence-electron chi connectivity index (χ1n) is 6.14. The van der Waals surface area contributed by atoms with Gasteiger partial charge in [0, 0.05) is 35.8 Å². The van der Waals surface area contributed by atoms with Crippen molar-refractivity contribution in [2.45, 2.75) is 6.42 Å². The number of hydrogen-bond acceptors (Lipinski definition) is 4. The number of carbonyl (C=O) groups excluding carboxylic acids is 3. The smallest absolute Gasteiger partial charge is 0.298 e.